The summed E-state index contributed by atoms with van der Waals surface area (Å²) in [5.41, 5.74) is 2.18. The Morgan fingerprint density at radius 1 is 1.32 bits per heavy atom. The summed E-state index contributed by atoms with van der Waals surface area (Å²) in [6.07, 6.45) is 0.104. The van der Waals surface area contributed by atoms with Crippen LogP contribution in [-0.4, -0.2) is 24.6 Å². The second-order valence-electron chi connectivity index (χ2n) is 6.35. The molecule has 0 bridgehead atoms. The van der Waals surface area contributed by atoms with Crippen molar-refractivity contribution in [2.24, 2.45) is 5.41 Å². The number of halogens is 3. The minimum absolute atomic E-state index is 0.0722. The van der Waals surface area contributed by atoms with Crippen molar-refractivity contribution in [2.75, 3.05) is 13.2 Å². The Morgan fingerprint density at radius 3 is 2.73 bits per heavy atom. The Balaban J connectivity index is 1.66. The number of hydrogen-bond donors (Lipinski definition) is 2. The SMILES string of the molecule is OCCC1(CNC2CCc3ccc(OC(F)(F)F)cc32)CC1. The maximum atomic E-state index is 12.3. The molecule has 122 valence electrons. The number of hydrogen-bond acceptors (Lipinski definition) is 3. The Hall–Kier alpha value is -1.27. The summed E-state index contributed by atoms with van der Waals surface area (Å²) < 4.78 is 41.0. The van der Waals surface area contributed by atoms with Crippen molar-refractivity contribution in [3.8, 4) is 5.75 Å². The van der Waals surface area contributed by atoms with E-state index in [1.165, 1.54) is 12.1 Å². The molecule has 0 spiro atoms. The van der Waals surface area contributed by atoms with Crippen LogP contribution < -0.4 is 10.1 Å². The highest BCUT2D eigenvalue weighted by molar-refractivity contribution is 5.41. The van der Waals surface area contributed by atoms with Crippen LogP contribution in [0.3, 0.4) is 0 Å². The van der Waals surface area contributed by atoms with Gasteiger partial charge in [0.25, 0.3) is 0 Å². The van der Waals surface area contributed by atoms with Crippen molar-refractivity contribution in [3.05, 3.63) is 29.3 Å². The minimum atomic E-state index is -4.66. The topological polar surface area (TPSA) is 41.5 Å². The van der Waals surface area contributed by atoms with E-state index in [1.807, 2.05) is 0 Å². The molecule has 0 amide bonds. The summed E-state index contributed by atoms with van der Waals surface area (Å²) in [6.45, 7) is 0.995. The fourth-order valence-electron chi connectivity index (χ4n) is 3.26. The Morgan fingerprint density at radius 2 is 2.09 bits per heavy atom. The number of fused-ring (bicyclic) bond motifs is 1. The van der Waals surface area contributed by atoms with Gasteiger partial charge in [-0.2, -0.15) is 0 Å². The van der Waals surface area contributed by atoms with Crippen LogP contribution in [0.1, 0.15) is 42.9 Å². The molecule has 1 unspecified atom stereocenters. The molecular formula is C16H20F3NO2. The molecule has 1 aromatic rings. The van der Waals surface area contributed by atoms with Gasteiger partial charge in [0.2, 0.25) is 0 Å². The summed E-state index contributed by atoms with van der Waals surface area (Å²) in [7, 11) is 0. The van der Waals surface area contributed by atoms with Crippen LogP contribution >= 0.6 is 0 Å². The van der Waals surface area contributed by atoms with Crippen molar-refractivity contribution in [1.82, 2.24) is 5.32 Å². The lowest BCUT2D eigenvalue weighted by Gasteiger charge is -2.20. The molecule has 0 aliphatic heterocycles. The molecule has 2 aliphatic rings. The van der Waals surface area contributed by atoms with Crippen molar-refractivity contribution in [3.63, 3.8) is 0 Å². The van der Waals surface area contributed by atoms with Crippen LogP contribution in [0, 0.1) is 5.41 Å². The van der Waals surface area contributed by atoms with Crippen molar-refractivity contribution < 1.29 is 23.0 Å². The average molecular weight is 315 g/mol. The number of rotatable bonds is 6. The van der Waals surface area contributed by atoms with E-state index in [9.17, 15) is 13.2 Å². The number of aryl methyl sites for hydroxylation is 1. The van der Waals surface area contributed by atoms with Crippen LogP contribution in [-0.2, 0) is 6.42 Å². The first-order valence-corrected chi connectivity index (χ1v) is 7.64. The maximum absolute atomic E-state index is 12.3. The molecule has 2 aliphatic carbocycles. The smallest absolute Gasteiger partial charge is 0.406 e. The van der Waals surface area contributed by atoms with Crippen LogP contribution in [0.25, 0.3) is 0 Å². The van der Waals surface area contributed by atoms with Gasteiger partial charge in [-0.15, -0.1) is 13.2 Å². The quantitative estimate of drug-likeness (QED) is 0.846. The molecule has 0 radical (unpaired) electrons. The van der Waals surface area contributed by atoms with E-state index in [4.69, 9.17) is 5.11 Å². The van der Waals surface area contributed by atoms with Gasteiger partial charge in [0.15, 0.2) is 0 Å². The van der Waals surface area contributed by atoms with E-state index < -0.39 is 6.36 Å². The number of alkyl halides is 3. The standard InChI is InChI=1S/C16H20F3NO2/c17-16(18,19)22-12-3-1-11-2-4-14(13(11)9-12)20-10-15(5-6-15)7-8-21/h1,3,9,14,20-21H,2,4-8,10H2. The van der Waals surface area contributed by atoms with Crippen molar-refractivity contribution >= 4 is 0 Å². The van der Waals surface area contributed by atoms with Gasteiger partial charge in [-0.1, -0.05) is 6.07 Å². The third-order valence-corrected chi connectivity index (χ3v) is 4.75. The number of benzene rings is 1. The predicted octanol–water partition coefficient (Wildman–Crippen LogP) is 3.32. The zero-order valence-corrected chi connectivity index (χ0v) is 12.2. The molecule has 1 aromatic carbocycles. The van der Waals surface area contributed by atoms with Gasteiger partial charge < -0.3 is 15.2 Å². The predicted molar refractivity (Wildman–Crippen MR) is 75.6 cm³/mol. The normalized spacial score (nSPS) is 22.5. The van der Waals surface area contributed by atoms with Crippen molar-refractivity contribution in [2.45, 2.75) is 44.5 Å². The average Bonchev–Trinajstić information content (AvgIpc) is 3.08. The fourth-order valence-corrected chi connectivity index (χ4v) is 3.26. The minimum Gasteiger partial charge on any atom is -0.406 e. The lowest BCUT2D eigenvalue weighted by molar-refractivity contribution is -0.274. The molecule has 2 N–H and O–H groups in total. The fraction of sp³-hybridized carbons (Fsp3) is 0.625. The number of ether oxygens (including phenoxy) is 1. The molecular weight excluding hydrogens is 295 g/mol. The summed E-state index contributed by atoms with van der Waals surface area (Å²) >= 11 is 0. The summed E-state index contributed by atoms with van der Waals surface area (Å²) in [6, 6.07) is 4.67. The van der Waals surface area contributed by atoms with Gasteiger partial charge in [-0.3, -0.25) is 0 Å². The highest BCUT2D eigenvalue weighted by Crippen LogP contribution is 2.48. The monoisotopic (exact) mass is 315 g/mol. The molecule has 0 heterocycles. The molecule has 3 nitrogen and oxygen atoms in total. The van der Waals surface area contributed by atoms with E-state index in [2.05, 4.69) is 10.1 Å². The summed E-state index contributed by atoms with van der Waals surface area (Å²) in [5.74, 6) is -0.156. The van der Waals surface area contributed by atoms with Gasteiger partial charge in [0.05, 0.1) is 0 Å². The third kappa shape index (κ3) is 3.55. The first kappa shape index (κ1) is 15.6. The molecule has 22 heavy (non-hydrogen) atoms. The molecule has 3 rings (SSSR count). The third-order valence-electron chi connectivity index (χ3n) is 4.75. The van der Waals surface area contributed by atoms with Crippen LogP contribution in [0.4, 0.5) is 13.2 Å². The Bertz CT molecular complexity index is 541. The number of aliphatic hydroxyl groups is 1. The highest BCUT2D eigenvalue weighted by Gasteiger charge is 2.42. The maximum Gasteiger partial charge on any atom is 0.573 e. The van der Waals surface area contributed by atoms with Gasteiger partial charge in [-0.05, 0) is 60.8 Å². The van der Waals surface area contributed by atoms with E-state index >= 15 is 0 Å². The first-order chi connectivity index (χ1) is 10.4. The van der Waals surface area contributed by atoms with Crippen LogP contribution in [0.15, 0.2) is 18.2 Å². The van der Waals surface area contributed by atoms with E-state index in [0.29, 0.717) is 0 Å². The molecule has 0 saturated heterocycles. The van der Waals surface area contributed by atoms with E-state index in [-0.39, 0.29) is 23.8 Å². The molecule has 0 aromatic heterocycles. The number of nitrogens with one attached hydrogen (secondary N) is 1. The Labute approximate surface area is 127 Å². The van der Waals surface area contributed by atoms with E-state index in [1.54, 1.807) is 6.07 Å². The van der Waals surface area contributed by atoms with Gasteiger partial charge in [0, 0.05) is 19.2 Å². The van der Waals surface area contributed by atoms with Gasteiger partial charge in [-0.25, -0.2) is 0 Å². The largest absolute Gasteiger partial charge is 0.573 e. The van der Waals surface area contributed by atoms with Crippen molar-refractivity contribution in [1.29, 1.82) is 0 Å². The highest BCUT2D eigenvalue weighted by atomic mass is 19.4. The first-order valence-electron chi connectivity index (χ1n) is 7.64. The molecule has 1 atom stereocenters. The molecule has 6 heteroatoms. The Kier molecular flexibility index (Phi) is 4.07. The summed E-state index contributed by atoms with van der Waals surface area (Å²) in [4.78, 5) is 0. The molecule has 1 fully saturated rings. The van der Waals surface area contributed by atoms with Crippen LogP contribution in [0.2, 0.25) is 0 Å². The van der Waals surface area contributed by atoms with Gasteiger partial charge in [0.1, 0.15) is 5.75 Å². The zero-order valence-electron chi connectivity index (χ0n) is 12.2. The second-order valence-corrected chi connectivity index (χ2v) is 6.35. The zero-order chi connectivity index (χ0) is 15.8. The van der Waals surface area contributed by atoms with Gasteiger partial charge >= 0.3 is 6.36 Å². The summed E-state index contributed by atoms with van der Waals surface area (Å²) in [5, 5.41) is 12.6. The lowest BCUT2D eigenvalue weighted by atomic mass is 10.0. The number of aliphatic hydroxyl groups excluding tert-OH is 1. The molecule has 1 saturated carbocycles. The second kappa shape index (κ2) is 5.74. The lowest BCUT2D eigenvalue weighted by Crippen LogP contribution is -2.28. The van der Waals surface area contributed by atoms with E-state index in [0.717, 1.165) is 49.8 Å². The van der Waals surface area contributed by atoms with Crippen LogP contribution in [0.5, 0.6) is 5.75 Å².